The van der Waals surface area contributed by atoms with Crippen LogP contribution in [-0.2, 0) is 0 Å². The first-order chi connectivity index (χ1) is 56.9. The molecule has 0 amide bonds. The van der Waals surface area contributed by atoms with Crippen LogP contribution >= 0.6 is 0 Å². The SMILES string of the molecule is C[Si](C)(C)c1ccc(-c2ccc3c(c2)c2ccccc2n3-c2nc3ccccc3c3nc4ccccc4n23)cc1.Cc1cc(C)cc(-c2ccc3c(c2)c2ccccc2n3-c2nc3ccccc3c3nc4ccccc4n23)c1.N#Cc1ccc(-c2ccc3c(c2)c2ccccc2n3-c2nc3ccccc3c3nc4ccccc4n23)cc1. The molecule has 9 heterocycles. The molecule has 0 saturated carbocycles. The first-order valence-corrected chi connectivity index (χ1v) is 42.7. The molecule has 0 aliphatic carbocycles. The van der Waals surface area contributed by atoms with Gasteiger partial charge in [0.25, 0.3) is 0 Å². The van der Waals surface area contributed by atoms with Gasteiger partial charge in [-0.3, -0.25) is 26.9 Å². The first-order valence-electron chi connectivity index (χ1n) is 39.2. The van der Waals surface area contributed by atoms with E-state index in [9.17, 15) is 5.26 Å². The topological polar surface area (TPSA) is 129 Å². The van der Waals surface area contributed by atoms with Crippen molar-refractivity contribution in [2.45, 2.75) is 33.5 Å². The lowest BCUT2D eigenvalue weighted by Gasteiger charge is -2.17. The molecule has 24 rings (SSSR count). The summed E-state index contributed by atoms with van der Waals surface area (Å²) in [7, 11) is -1.35. The van der Waals surface area contributed by atoms with E-state index >= 15 is 0 Å². The molecule has 0 bridgehead atoms. The molecule has 24 aromatic rings. The summed E-state index contributed by atoms with van der Waals surface area (Å²) in [5.74, 6) is 2.50. The number of nitriles is 1. The lowest BCUT2D eigenvalue weighted by Crippen LogP contribution is -2.37. The Hall–Kier alpha value is -15.2. The van der Waals surface area contributed by atoms with E-state index < -0.39 is 8.07 Å². The third-order valence-corrected chi connectivity index (χ3v) is 25.0. The van der Waals surface area contributed by atoms with Crippen molar-refractivity contribution in [3.05, 3.63) is 356 Å². The van der Waals surface area contributed by atoms with Crippen LogP contribution in [0.5, 0.6) is 0 Å². The van der Waals surface area contributed by atoms with E-state index in [4.69, 9.17) is 29.9 Å². The molecule has 548 valence electrons. The predicted octanol–water partition coefficient (Wildman–Crippen LogP) is 24.4. The van der Waals surface area contributed by atoms with Gasteiger partial charge in [0.1, 0.15) is 16.9 Å². The van der Waals surface area contributed by atoms with E-state index in [0.717, 1.165) is 156 Å². The Bertz CT molecular complexity index is 8220. The van der Waals surface area contributed by atoms with Crippen LogP contribution in [-0.4, -0.2) is 64.9 Å². The summed E-state index contributed by atoms with van der Waals surface area (Å²) in [6.07, 6.45) is 0. The summed E-state index contributed by atoms with van der Waals surface area (Å²) in [4.78, 5) is 30.9. The summed E-state index contributed by atoms with van der Waals surface area (Å²) >= 11 is 0. The monoisotopic (exact) mass is 1510 g/mol. The average Bonchev–Trinajstić information content (AvgIpc) is 1.56. The van der Waals surface area contributed by atoms with E-state index in [1.54, 1.807) is 0 Å². The minimum Gasteiger partial charge on any atom is -0.279 e. The van der Waals surface area contributed by atoms with Gasteiger partial charge < -0.3 is 0 Å². The van der Waals surface area contributed by atoms with E-state index in [-0.39, 0.29) is 0 Å². The fourth-order valence-corrected chi connectivity index (χ4v) is 18.7. The molecule has 9 aromatic heterocycles. The van der Waals surface area contributed by atoms with Crippen molar-refractivity contribution in [3.63, 3.8) is 0 Å². The first kappa shape index (κ1) is 67.7. The van der Waals surface area contributed by atoms with E-state index in [2.05, 4.69) is 333 Å². The van der Waals surface area contributed by atoms with E-state index in [0.29, 0.717) is 5.56 Å². The Morgan fingerprint density at radius 1 is 0.241 bits per heavy atom. The van der Waals surface area contributed by atoms with E-state index in [1.807, 2.05) is 72.8 Å². The van der Waals surface area contributed by atoms with Gasteiger partial charge in [0.05, 0.1) is 102 Å². The number of nitrogens with zero attached hydrogens (tertiary/aromatic N) is 13. The molecule has 0 unspecified atom stereocenters. The highest BCUT2D eigenvalue weighted by atomic mass is 28.3. The van der Waals surface area contributed by atoms with Crippen molar-refractivity contribution in [2.24, 2.45) is 0 Å². The maximum Gasteiger partial charge on any atom is 0.221 e. The highest BCUT2D eigenvalue weighted by molar-refractivity contribution is 6.88. The van der Waals surface area contributed by atoms with Crippen LogP contribution in [0.3, 0.4) is 0 Å². The summed E-state index contributed by atoms with van der Waals surface area (Å²) < 4.78 is 13.5. The Balaban J connectivity index is 0.000000106. The molecule has 0 radical (unpaired) electrons. The van der Waals surface area contributed by atoms with Gasteiger partial charge in [-0.15, -0.1) is 0 Å². The molecule has 13 nitrogen and oxygen atoms in total. The maximum atomic E-state index is 9.20. The second-order valence-corrected chi connectivity index (χ2v) is 36.3. The molecular formula is C102H71N13Si. The number of rotatable bonds is 7. The molecule has 0 aliphatic rings. The summed E-state index contributed by atoms with van der Waals surface area (Å²) in [6.45, 7) is 11.5. The Labute approximate surface area is 666 Å². The molecule has 0 N–H and O–H groups in total. The predicted molar refractivity (Wildman–Crippen MR) is 480 cm³/mol. The fourth-order valence-electron chi connectivity index (χ4n) is 17.6. The zero-order valence-electron chi connectivity index (χ0n) is 64.1. The number of hydrogen-bond acceptors (Lipinski definition) is 7. The molecule has 116 heavy (non-hydrogen) atoms. The third kappa shape index (κ3) is 10.9. The lowest BCUT2D eigenvalue weighted by molar-refractivity contribution is 0.979. The van der Waals surface area contributed by atoms with E-state index in [1.165, 1.54) is 60.1 Å². The average molecular weight is 1510 g/mol. The number of aryl methyl sites for hydroxylation is 2. The van der Waals surface area contributed by atoms with Crippen LogP contribution in [0, 0.1) is 25.2 Å². The van der Waals surface area contributed by atoms with Crippen LogP contribution in [0.1, 0.15) is 16.7 Å². The molecule has 0 aliphatic heterocycles. The number of hydrogen-bond donors (Lipinski definition) is 0. The van der Waals surface area contributed by atoms with Gasteiger partial charge in [-0.25, -0.2) is 29.9 Å². The van der Waals surface area contributed by atoms with Gasteiger partial charge in [-0.05, 0) is 187 Å². The summed E-state index contributed by atoms with van der Waals surface area (Å²) in [6, 6.07) is 121. The van der Waals surface area contributed by atoms with Crippen molar-refractivity contribution in [1.29, 1.82) is 5.26 Å². The Morgan fingerprint density at radius 2 is 0.517 bits per heavy atom. The molecule has 0 atom stereocenters. The molecule has 0 spiro atoms. The quantitative estimate of drug-likeness (QED) is 0.145. The lowest BCUT2D eigenvalue weighted by atomic mass is 9.99. The maximum absolute atomic E-state index is 9.20. The van der Waals surface area contributed by atoms with Crippen molar-refractivity contribution < 1.29 is 0 Å². The van der Waals surface area contributed by atoms with Crippen LogP contribution in [0.25, 0.3) is 199 Å². The van der Waals surface area contributed by atoms with Crippen molar-refractivity contribution in [3.8, 4) is 57.3 Å². The smallest absolute Gasteiger partial charge is 0.221 e. The molecule has 15 aromatic carbocycles. The number of imidazole rings is 3. The largest absolute Gasteiger partial charge is 0.279 e. The highest BCUT2D eigenvalue weighted by Gasteiger charge is 2.26. The molecule has 14 heteroatoms. The molecular weight excluding hydrogens is 1440 g/mol. The van der Waals surface area contributed by atoms with Gasteiger partial charge >= 0.3 is 0 Å². The van der Waals surface area contributed by atoms with Crippen molar-refractivity contribution in [2.75, 3.05) is 0 Å². The number of para-hydroxylation sites is 12. The summed E-state index contributed by atoms with van der Waals surface area (Å²) in [5, 5.41) is 21.0. The van der Waals surface area contributed by atoms with Crippen LogP contribution in [0.15, 0.2) is 340 Å². The third-order valence-electron chi connectivity index (χ3n) is 23.0. The minimum atomic E-state index is -1.35. The molecule has 0 saturated heterocycles. The van der Waals surface area contributed by atoms with Gasteiger partial charge in [0, 0.05) is 48.5 Å². The van der Waals surface area contributed by atoms with Gasteiger partial charge in [-0.1, -0.05) is 236 Å². The highest BCUT2D eigenvalue weighted by Crippen LogP contribution is 2.42. The van der Waals surface area contributed by atoms with Crippen molar-refractivity contribution in [1.82, 2.24) is 56.8 Å². The Kier molecular flexibility index (Phi) is 15.5. The number of fused-ring (bicyclic) bond motifs is 24. The van der Waals surface area contributed by atoms with Crippen LogP contribution in [0.2, 0.25) is 19.6 Å². The summed E-state index contributed by atoms with van der Waals surface area (Å²) in [5.41, 5.74) is 28.5. The minimum absolute atomic E-state index is 0.658. The van der Waals surface area contributed by atoms with Gasteiger partial charge in [0.15, 0.2) is 0 Å². The van der Waals surface area contributed by atoms with Crippen LogP contribution in [0.4, 0.5) is 0 Å². The zero-order chi connectivity index (χ0) is 77.6. The molecule has 0 fully saturated rings. The van der Waals surface area contributed by atoms with Crippen LogP contribution < -0.4 is 5.19 Å². The number of benzene rings is 15. The standard InChI is InChI=1S/C35H28N4Si.C34H24N4.C33H19N5/c1-40(2,3)25-19-16-23(17-20-25)24-18-21-32-28(22-24)26-10-5-8-14-31(26)38(32)35-37-29-12-6-4-11-27(29)34-36-30-13-7-9-15-33(30)39(34)35;1-21-17-22(2)19-24(18-21)23-15-16-31-27(20-23)25-9-4-7-13-30(25)37(31)34-36-28-11-5-3-10-26(28)33-35-29-12-6-8-14-32(29)38(33)34;34-20-21-13-15-22(16-14-21)23-17-18-30-26(19-23)24-7-2-5-11-29(24)37(30)33-36-27-9-3-1-8-25(27)32-35-28-10-4-6-12-31(28)38(32)33/h4-22H,1-3H3;3-20H,1-2H3;1-19H. The van der Waals surface area contributed by atoms with Gasteiger partial charge in [-0.2, -0.15) is 5.26 Å². The second-order valence-electron chi connectivity index (χ2n) is 31.2. The van der Waals surface area contributed by atoms with Gasteiger partial charge in [0.2, 0.25) is 17.8 Å². The van der Waals surface area contributed by atoms with Crippen molar-refractivity contribution >= 4 is 161 Å². The normalized spacial score (nSPS) is 12.0. The fraction of sp³-hybridized carbons (Fsp3) is 0.0490. The Morgan fingerprint density at radius 3 is 0.853 bits per heavy atom. The zero-order valence-corrected chi connectivity index (χ0v) is 65.1. The number of aromatic nitrogens is 12. The second kappa shape index (κ2) is 26.5.